The van der Waals surface area contributed by atoms with E-state index in [-0.39, 0.29) is 11.5 Å². The quantitative estimate of drug-likeness (QED) is 0.407. The first-order valence-corrected chi connectivity index (χ1v) is 4.91. The van der Waals surface area contributed by atoms with Gasteiger partial charge in [-0.2, -0.15) is 12.6 Å². The molecular formula is C10H18O2S. The summed E-state index contributed by atoms with van der Waals surface area (Å²) >= 11 is 4.23. The summed E-state index contributed by atoms with van der Waals surface area (Å²) in [5.74, 6) is 0.679. The van der Waals surface area contributed by atoms with Crippen molar-refractivity contribution in [1.29, 1.82) is 0 Å². The van der Waals surface area contributed by atoms with Gasteiger partial charge in [-0.05, 0) is 12.7 Å². The van der Waals surface area contributed by atoms with Gasteiger partial charge in [0.15, 0.2) is 0 Å². The van der Waals surface area contributed by atoms with E-state index in [1.54, 1.807) is 0 Å². The van der Waals surface area contributed by atoms with Crippen molar-refractivity contribution in [3.63, 3.8) is 0 Å². The monoisotopic (exact) mass is 202 g/mol. The second-order valence-electron chi connectivity index (χ2n) is 4.03. The normalized spacial score (nSPS) is 13.5. The van der Waals surface area contributed by atoms with Crippen LogP contribution in [0.25, 0.3) is 0 Å². The molecule has 76 valence electrons. The third kappa shape index (κ3) is 4.36. The van der Waals surface area contributed by atoms with Crippen molar-refractivity contribution in [2.45, 2.75) is 33.3 Å². The van der Waals surface area contributed by atoms with Crippen molar-refractivity contribution in [3.05, 3.63) is 12.2 Å². The molecule has 0 amide bonds. The van der Waals surface area contributed by atoms with Crippen LogP contribution in [0.15, 0.2) is 12.2 Å². The third-order valence-corrected chi connectivity index (χ3v) is 2.85. The van der Waals surface area contributed by atoms with Gasteiger partial charge in [0.25, 0.3) is 6.47 Å². The highest BCUT2D eigenvalue weighted by molar-refractivity contribution is 7.80. The fraction of sp³-hybridized carbons (Fsp3) is 0.700. The van der Waals surface area contributed by atoms with Crippen molar-refractivity contribution in [2.24, 2.45) is 5.41 Å². The van der Waals surface area contributed by atoms with E-state index in [1.165, 1.54) is 0 Å². The van der Waals surface area contributed by atoms with Gasteiger partial charge in [0.05, 0.1) is 0 Å². The fourth-order valence-electron chi connectivity index (χ4n) is 0.994. The molecule has 2 nitrogen and oxygen atoms in total. The standard InChI is InChI=1S/C10H18O2S/c1-8(2)5-9(12-7-11)10(3,4)6-13/h7,9,13H,1,5-6H2,2-4H3. The smallest absolute Gasteiger partial charge is 0.293 e. The van der Waals surface area contributed by atoms with Crippen LogP contribution in [-0.2, 0) is 9.53 Å². The van der Waals surface area contributed by atoms with Crippen LogP contribution in [0.1, 0.15) is 27.2 Å². The maximum atomic E-state index is 10.3. The molecule has 0 aromatic heterocycles. The summed E-state index contributed by atoms with van der Waals surface area (Å²) in [7, 11) is 0. The van der Waals surface area contributed by atoms with E-state index in [9.17, 15) is 4.79 Å². The lowest BCUT2D eigenvalue weighted by atomic mass is 9.85. The van der Waals surface area contributed by atoms with Crippen LogP contribution in [0.3, 0.4) is 0 Å². The third-order valence-electron chi connectivity index (χ3n) is 2.03. The minimum atomic E-state index is -0.125. The molecule has 0 rings (SSSR count). The number of carbonyl (C=O) groups is 1. The Kier molecular flexibility index (Phi) is 5.14. The van der Waals surface area contributed by atoms with Gasteiger partial charge >= 0.3 is 0 Å². The Morgan fingerprint density at radius 2 is 2.23 bits per heavy atom. The van der Waals surface area contributed by atoms with E-state index in [4.69, 9.17) is 4.74 Å². The predicted molar refractivity (Wildman–Crippen MR) is 58.0 cm³/mol. The molecule has 0 aromatic rings. The van der Waals surface area contributed by atoms with Gasteiger partial charge < -0.3 is 4.74 Å². The van der Waals surface area contributed by atoms with Gasteiger partial charge in [-0.1, -0.05) is 19.4 Å². The van der Waals surface area contributed by atoms with Crippen LogP contribution in [0.2, 0.25) is 0 Å². The summed E-state index contributed by atoms with van der Waals surface area (Å²) in [6.07, 6.45) is 0.576. The summed E-state index contributed by atoms with van der Waals surface area (Å²) < 4.78 is 5.02. The van der Waals surface area contributed by atoms with Crippen LogP contribution in [0.4, 0.5) is 0 Å². The van der Waals surface area contributed by atoms with E-state index < -0.39 is 0 Å². The lowest BCUT2D eigenvalue weighted by molar-refractivity contribution is -0.138. The van der Waals surface area contributed by atoms with Crippen molar-refractivity contribution in [2.75, 3.05) is 5.75 Å². The molecule has 0 fully saturated rings. The van der Waals surface area contributed by atoms with Crippen molar-refractivity contribution in [3.8, 4) is 0 Å². The van der Waals surface area contributed by atoms with Gasteiger partial charge in [-0.15, -0.1) is 6.58 Å². The summed E-state index contributed by atoms with van der Waals surface area (Å²) in [5, 5.41) is 0. The number of carbonyl (C=O) groups excluding carboxylic acids is 1. The van der Waals surface area contributed by atoms with Gasteiger partial charge in [0.2, 0.25) is 0 Å². The Hall–Kier alpha value is -0.440. The molecule has 0 aliphatic heterocycles. The van der Waals surface area contributed by atoms with Gasteiger partial charge in [0.1, 0.15) is 6.10 Å². The molecule has 0 spiro atoms. The average Bonchev–Trinajstić information content (AvgIpc) is 2.03. The largest absolute Gasteiger partial charge is 0.464 e. The Morgan fingerprint density at radius 3 is 2.54 bits per heavy atom. The number of thiol groups is 1. The highest BCUT2D eigenvalue weighted by Gasteiger charge is 2.29. The first-order chi connectivity index (χ1) is 5.94. The maximum absolute atomic E-state index is 10.3. The van der Waals surface area contributed by atoms with E-state index in [2.05, 4.69) is 19.2 Å². The lowest BCUT2D eigenvalue weighted by Gasteiger charge is -2.31. The lowest BCUT2D eigenvalue weighted by Crippen LogP contribution is -2.33. The molecule has 0 heterocycles. The molecule has 0 aliphatic carbocycles. The predicted octanol–water partition coefficient (Wildman–Crippen LogP) is 2.45. The van der Waals surface area contributed by atoms with Crippen LogP contribution in [-0.4, -0.2) is 18.3 Å². The number of ether oxygens (including phenoxy) is 1. The maximum Gasteiger partial charge on any atom is 0.293 e. The summed E-state index contributed by atoms with van der Waals surface area (Å²) in [6, 6.07) is 0. The Morgan fingerprint density at radius 1 is 1.69 bits per heavy atom. The van der Waals surface area contributed by atoms with Crippen LogP contribution < -0.4 is 0 Å². The van der Waals surface area contributed by atoms with Gasteiger partial charge in [0, 0.05) is 11.8 Å². The Labute approximate surface area is 85.8 Å². The highest BCUT2D eigenvalue weighted by atomic mass is 32.1. The molecule has 0 saturated carbocycles. The molecule has 0 aliphatic rings. The van der Waals surface area contributed by atoms with Crippen molar-refractivity contribution >= 4 is 19.1 Å². The SMILES string of the molecule is C=C(C)CC(OC=O)C(C)(C)CS. The molecule has 1 atom stereocenters. The van der Waals surface area contributed by atoms with Crippen LogP contribution >= 0.6 is 12.6 Å². The molecule has 0 radical (unpaired) electrons. The van der Waals surface area contributed by atoms with E-state index >= 15 is 0 Å². The van der Waals surface area contributed by atoms with Crippen LogP contribution in [0.5, 0.6) is 0 Å². The van der Waals surface area contributed by atoms with E-state index in [1.807, 2.05) is 20.8 Å². The zero-order valence-corrected chi connectivity index (χ0v) is 9.43. The average molecular weight is 202 g/mol. The second-order valence-corrected chi connectivity index (χ2v) is 4.35. The Balaban J connectivity index is 4.39. The molecule has 13 heavy (non-hydrogen) atoms. The first kappa shape index (κ1) is 12.6. The summed E-state index contributed by atoms with van der Waals surface area (Å²) in [6.45, 7) is 10.3. The minimum Gasteiger partial charge on any atom is -0.464 e. The number of hydrogen-bond acceptors (Lipinski definition) is 3. The van der Waals surface area contributed by atoms with E-state index in [0.29, 0.717) is 18.6 Å². The first-order valence-electron chi connectivity index (χ1n) is 4.28. The summed E-state index contributed by atoms with van der Waals surface area (Å²) in [5.41, 5.74) is 0.907. The fourth-order valence-corrected chi connectivity index (χ4v) is 1.20. The molecular weight excluding hydrogens is 184 g/mol. The van der Waals surface area contributed by atoms with Gasteiger partial charge in [-0.3, -0.25) is 4.79 Å². The topological polar surface area (TPSA) is 26.3 Å². The zero-order valence-electron chi connectivity index (χ0n) is 8.54. The second kappa shape index (κ2) is 5.32. The van der Waals surface area contributed by atoms with Crippen molar-refractivity contribution in [1.82, 2.24) is 0 Å². The molecule has 0 saturated heterocycles. The molecule has 0 aromatic carbocycles. The number of rotatable bonds is 6. The molecule has 1 unspecified atom stereocenters. The van der Waals surface area contributed by atoms with E-state index in [0.717, 1.165) is 5.57 Å². The molecule has 0 N–H and O–H groups in total. The highest BCUT2D eigenvalue weighted by Crippen LogP contribution is 2.28. The number of hydrogen-bond donors (Lipinski definition) is 1. The Bertz CT molecular complexity index is 187. The molecule has 0 bridgehead atoms. The van der Waals surface area contributed by atoms with Gasteiger partial charge in [-0.25, -0.2) is 0 Å². The van der Waals surface area contributed by atoms with Crippen molar-refractivity contribution < 1.29 is 9.53 Å². The summed E-state index contributed by atoms with van der Waals surface area (Å²) in [4.78, 5) is 10.3. The minimum absolute atomic E-state index is 0.108. The van der Waals surface area contributed by atoms with Crippen LogP contribution in [0, 0.1) is 5.41 Å². The zero-order chi connectivity index (χ0) is 10.5. The molecule has 3 heteroatoms.